The molecule has 10 heteroatoms. The highest BCUT2D eigenvalue weighted by molar-refractivity contribution is 7.16. The van der Waals surface area contributed by atoms with E-state index in [2.05, 4.69) is 81.5 Å². The lowest BCUT2D eigenvalue weighted by Gasteiger charge is -2.03. The highest BCUT2D eigenvalue weighted by atomic mass is 35.5. The van der Waals surface area contributed by atoms with Crippen molar-refractivity contribution in [1.29, 1.82) is 0 Å². The van der Waals surface area contributed by atoms with Crippen molar-refractivity contribution in [3.8, 4) is 0 Å². The van der Waals surface area contributed by atoms with Crippen LogP contribution in [0.1, 0.15) is 102 Å². The molecule has 0 amide bonds. The summed E-state index contributed by atoms with van der Waals surface area (Å²) in [4.78, 5) is 5.39. The maximum atomic E-state index is 5.72. The van der Waals surface area contributed by atoms with Gasteiger partial charge in [-0.15, -0.1) is 21.5 Å². The Morgan fingerprint density at radius 3 is 1.76 bits per heavy atom. The fourth-order valence-electron chi connectivity index (χ4n) is 2.29. The maximum Gasteiger partial charge on any atom is 0.223 e. The molecule has 0 fully saturated rings. The van der Waals surface area contributed by atoms with Gasteiger partial charge in [0.15, 0.2) is 11.6 Å². The molecule has 0 bridgehead atoms. The Morgan fingerprint density at radius 2 is 1.53 bits per heavy atom. The van der Waals surface area contributed by atoms with Crippen LogP contribution in [0.4, 0.5) is 0 Å². The molecule has 1 N–H and O–H groups in total. The van der Waals surface area contributed by atoms with E-state index in [-0.39, 0.29) is 0 Å². The summed E-state index contributed by atoms with van der Waals surface area (Å²) in [6, 6.07) is 8.71. The summed E-state index contributed by atoms with van der Waals surface area (Å²) in [6.07, 6.45) is 4.15. The van der Waals surface area contributed by atoms with Crippen LogP contribution >= 0.6 is 22.9 Å². The molecule has 4 heterocycles. The highest BCUT2D eigenvalue weighted by Gasteiger charge is 2.05. The molecule has 4 aromatic rings. The molecule has 0 atom stereocenters. The van der Waals surface area contributed by atoms with Crippen molar-refractivity contribution in [3.05, 3.63) is 63.4 Å². The topological polar surface area (TPSA) is 98.3 Å². The number of thiophene rings is 1. The van der Waals surface area contributed by atoms with Crippen LogP contribution in [0, 0.1) is 6.92 Å². The van der Waals surface area contributed by atoms with Gasteiger partial charge in [-0.3, -0.25) is 0 Å². The zero-order chi connectivity index (χ0) is 25.7. The molecule has 0 saturated carbocycles. The largest absolute Gasteiger partial charge is 0.352 e. The molecule has 0 saturated heterocycles. The fraction of sp³-hybridized carbons (Fsp3) is 0.542. The fourth-order valence-corrected chi connectivity index (χ4v) is 3.36. The van der Waals surface area contributed by atoms with Crippen molar-refractivity contribution in [2.45, 2.75) is 86.1 Å². The number of aromatic nitrogens is 7. The van der Waals surface area contributed by atoms with E-state index >= 15 is 0 Å². The Labute approximate surface area is 212 Å². The molecule has 0 aliphatic heterocycles. The average molecular weight is 508 g/mol. The monoisotopic (exact) mass is 507 g/mol. The third-order valence-corrected chi connectivity index (χ3v) is 5.86. The van der Waals surface area contributed by atoms with Gasteiger partial charge in [0.25, 0.3) is 0 Å². The predicted octanol–water partition coefficient (Wildman–Crippen LogP) is 7.42. The molecule has 34 heavy (non-hydrogen) atoms. The predicted molar refractivity (Wildman–Crippen MR) is 140 cm³/mol. The first-order valence-corrected chi connectivity index (χ1v) is 12.6. The maximum absolute atomic E-state index is 5.72. The second kappa shape index (κ2) is 15.4. The summed E-state index contributed by atoms with van der Waals surface area (Å²) in [5.41, 5.74) is 0. The SMILES string of the molecule is CC(C)c1ccc(Cl)s1.CC(C)c1nn[nH]n1.CC(C)n1cccc1.Cc1nc(C(C)C)no1. The van der Waals surface area contributed by atoms with E-state index in [0.717, 1.165) is 16.0 Å². The Balaban J connectivity index is 0.000000227. The summed E-state index contributed by atoms with van der Waals surface area (Å²) in [5, 5.41) is 17.1. The lowest BCUT2D eigenvalue weighted by molar-refractivity contribution is 0.385. The molecular weight excluding hydrogens is 470 g/mol. The van der Waals surface area contributed by atoms with Gasteiger partial charge in [-0.25, -0.2) is 0 Å². The van der Waals surface area contributed by atoms with E-state index in [0.29, 0.717) is 29.7 Å². The van der Waals surface area contributed by atoms with Gasteiger partial charge in [-0.2, -0.15) is 10.2 Å². The molecule has 0 spiro atoms. The molecule has 0 radical (unpaired) electrons. The van der Waals surface area contributed by atoms with Crippen molar-refractivity contribution in [2.75, 3.05) is 0 Å². The number of H-pyrrole nitrogens is 1. The van der Waals surface area contributed by atoms with Crippen molar-refractivity contribution >= 4 is 22.9 Å². The third-order valence-electron chi connectivity index (χ3n) is 4.32. The Kier molecular flexibility index (Phi) is 13.4. The number of nitrogens with one attached hydrogen (secondary N) is 1. The van der Waals surface area contributed by atoms with E-state index in [4.69, 9.17) is 16.1 Å². The molecule has 0 unspecified atom stereocenters. The van der Waals surface area contributed by atoms with Gasteiger partial charge >= 0.3 is 0 Å². The smallest absolute Gasteiger partial charge is 0.223 e. The normalized spacial score (nSPS) is 10.5. The standard InChI is InChI=1S/C7H9ClS.C7H11N.C6H10N2O.C4H8N4/c1-5(2)6-3-4-7(8)9-6;1-7(2)8-5-3-4-6-8;1-4(2)6-7-5(3)9-8-6;1-3(2)4-5-7-8-6-4/h3-5H,1-2H3;3-7H,1-2H3;4H,1-3H3;3H,1-2H3,(H,5,6,7,8). The molecule has 4 rings (SSSR count). The number of hydrogen-bond donors (Lipinski definition) is 1. The second-order valence-corrected chi connectivity index (χ2v) is 10.5. The Hall–Kier alpha value is -2.52. The van der Waals surface area contributed by atoms with E-state index in [1.165, 1.54) is 4.88 Å². The second-order valence-electron chi connectivity index (χ2n) is 8.77. The van der Waals surface area contributed by atoms with Crippen LogP contribution < -0.4 is 0 Å². The third kappa shape index (κ3) is 11.6. The van der Waals surface area contributed by atoms with Crippen LogP contribution in [0.25, 0.3) is 0 Å². The average Bonchev–Trinajstić information content (AvgIpc) is 3.55. The molecule has 0 aliphatic carbocycles. The number of aromatic amines is 1. The van der Waals surface area contributed by atoms with Gasteiger partial charge in [0, 0.05) is 42.1 Å². The van der Waals surface area contributed by atoms with Crippen molar-refractivity contribution < 1.29 is 4.52 Å². The van der Waals surface area contributed by atoms with Gasteiger partial charge in [-0.1, -0.05) is 63.5 Å². The number of hydrogen-bond acceptors (Lipinski definition) is 7. The number of aryl methyl sites for hydroxylation is 1. The van der Waals surface area contributed by atoms with Gasteiger partial charge in [0.05, 0.1) is 4.34 Å². The molecule has 0 aliphatic rings. The minimum absolute atomic E-state index is 0.363. The van der Waals surface area contributed by atoms with Crippen LogP contribution in [0.2, 0.25) is 4.34 Å². The van der Waals surface area contributed by atoms with Crippen LogP contribution in [-0.2, 0) is 0 Å². The quantitative estimate of drug-likeness (QED) is 0.308. The van der Waals surface area contributed by atoms with E-state index < -0.39 is 0 Å². The number of rotatable bonds is 4. The number of halogens is 1. The zero-order valence-corrected chi connectivity index (χ0v) is 23.2. The van der Waals surface area contributed by atoms with E-state index in [1.54, 1.807) is 18.3 Å². The van der Waals surface area contributed by atoms with E-state index in [9.17, 15) is 0 Å². The summed E-state index contributed by atoms with van der Waals surface area (Å²) in [7, 11) is 0. The Bertz CT molecular complexity index is 924. The van der Waals surface area contributed by atoms with Crippen LogP contribution in [-0.4, -0.2) is 35.3 Å². The lowest BCUT2D eigenvalue weighted by Crippen LogP contribution is -1.94. The van der Waals surface area contributed by atoms with Gasteiger partial charge in [-0.05, 0) is 44.0 Å². The van der Waals surface area contributed by atoms with Crippen LogP contribution in [0.15, 0.2) is 41.2 Å². The first-order valence-electron chi connectivity index (χ1n) is 11.4. The van der Waals surface area contributed by atoms with E-state index in [1.807, 2.05) is 45.9 Å². The molecule has 188 valence electrons. The van der Waals surface area contributed by atoms with Crippen molar-refractivity contribution in [3.63, 3.8) is 0 Å². The zero-order valence-electron chi connectivity index (χ0n) is 21.7. The highest BCUT2D eigenvalue weighted by Crippen LogP contribution is 2.27. The first-order chi connectivity index (χ1) is 16.0. The summed E-state index contributed by atoms with van der Waals surface area (Å²) in [6.45, 7) is 18.6. The van der Waals surface area contributed by atoms with Gasteiger partial charge in [0.1, 0.15) is 0 Å². The van der Waals surface area contributed by atoms with Crippen LogP contribution in [0.5, 0.6) is 0 Å². The summed E-state index contributed by atoms with van der Waals surface area (Å²) < 4.78 is 7.82. The Morgan fingerprint density at radius 1 is 0.912 bits per heavy atom. The van der Waals surface area contributed by atoms with Crippen LogP contribution in [0.3, 0.4) is 0 Å². The lowest BCUT2D eigenvalue weighted by atomic mass is 10.2. The van der Waals surface area contributed by atoms with Gasteiger partial charge in [0.2, 0.25) is 5.89 Å². The summed E-state index contributed by atoms with van der Waals surface area (Å²) in [5.74, 6) is 3.54. The summed E-state index contributed by atoms with van der Waals surface area (Å²) >= 11 is 7.38. The molecule has 8 nitrogen and oxygen atoms in total. The minimum atomic E-state index is 0.363. The molecule has 0 aromatic carbocycles. The van der Waals surface area contributed by atoms with Gasteiger partial charge < -0.3 is 9.09 Å². The molecule has 4 aromatic heterocycles. The number of nitrogens with zero attached hydrogens (tertiary/aromatic N) is 6. The molecular formula is C24H38ClN7OS. The van der Waals surface area contributed by atoms with Crippen molar-refractivity contribution in [2.24, 2.45) is 0 Å². The number of tetrazole rings is 1. The first kappa shape index (κ1) is 29.5. The minimum Gasteiger partial charge on any atom is -0.352 e. The van der Waals surface area contributed by atoms with Crippen molar-refractivity contribution in [1.82, 2.24) is 35.3 Å².